The van der Waals surface area contributed by atoms with E-state index in [1.54, 1.807) is 0 Å². The third-order valence-electron chi connectivity index (χ3n) is 2.65. The van der Waals surface area contributed by atoms with Crippen molar-refractivity contribution in [3.05, 3.63) is 0 Å². The Kier molecular flexibility index (Phi) is 4.17. The standard InChI is InChI=1S/C8H16N2O4S3/c1-16(11,12)6-17(13,14)10-8(7(9)15)4-2-3-5-8/h10H,2-6H2,1H3,(H2,9,15). The fourth-order valence-electron chi connectivity index (χ4n) is 1.99. The van der Waals surface area contributed by atoms with Crippen LogP contribution in [0.4, 0.5) is 0 Å². The molecule has 0 amide bonds. The summed E-state index contributed by atoms with van der Waals surface area (Å²) in [7, 11) is -7.54. The van der Waals surface area contributed by atoms with Crippen molar-refractivity contribution in [2.24, 2.45) is 5.73 Å². The van der Waals surface area contributed by atoms with Crippen LogP contribution >= 0.6 is 12.2 Å². The summed E-state index contributed by atoms with van der Waals surface area (Å²) < 4.78 is 47.8. The van der Waals surface area contributed by atoms with Crippen LogP contribution in [0.25, 0.3) is 0 Å². The van der Waals surface area contributed by atoms with E-state index in [-0.39, 0.29) is 4.99 Å². The highest BCUT2D eigenvalue weighted by atomic mass is 32.3. The van der Waals surface area contributed by atoms with Crippen LogP contribution < -0.4 is 10.5 Å². The molecular weight excluding hydrogens is 284 g/mol. The molecule has 17 heavy (non-hydrogen) atoms. The zero-order chi connectivity index (χ0) is 13.3. The predicted molar refractivity (Wildman–Crippen MR) is 69.8 cm³/mol. The molecule has 0 atom stereocenters. The second-order valence-electron chi connectivity index (χ2n) is 4.41. The molecule has 0 aliphatic heterocycles. The first-order valence-corrected chi connectivity index (χ1v) is 9.18. The highest BCUT2D eigenvalue weighted by molar-refractivity contribution is 8.06. The topological polar surface area (TPSA) is 106 Å². The largest absolute Gasteiger partial charge is 0.392 e. The van der Waals surface area contributed by atoms with E-state index >= 15 is 0 Å². The molecule has 9 heteroatoms. The van der Waals surface area contributed by atoms with E-state index in [1.807, 2.05) is 0 Å². The predicted octanol–water partition coefficient (Wildman–Crippen LogP) is -0.493. The minimum Gasteiger partial charge on any atom is -0.392 e. The Morgan fingerprint density at radius 3 is 2.12 bits per heavy atom. The van der Waals surface area contributed by atoms with Gasteiger partial charge in [0.1, 0.15) is 0 Å². The molecule has 1 fully saturated rings. The molecule has 6 nitrogen and oxygen atoms in total. The molecule has 1 aliphatic carbocycles. The molecule has 0 unspecified atom stereocenters. The molecule has 0 spiro atoms. The average Bonchev–Trinajstić information content (AvgIpc) is 2.47. The maximum atomic E-state index is 11.7. The Hall–Kier alpha value is -0.250. The van der Waals surface area contributed by atoms with Gasteiger partial charge in [0.2, 0.25) is 10.0 Å². The van der Waals surface area contributed by atoms with Gasteiger partial charge in [-0.1, -0.05) is 25.1 Å². The summed E-state index contributed by atoms with van der Waals surface area (Å²) >= 11 is 4.88. The number of sulfone groups is 1. The van der Waals surface area contributed by atoms with Crippen LogP contribution in [0.5, 0.6) is 0 Å². The lowest BCUT2D eigenvalue weighted by Gasteiger charge is -2.28. The number of sulfonamides is 1. The minimum atomic E-state index is -3.93. The van der Waals surface area contributed by atoms with Gasteiger partial charge in [0.25, 0.3) is 0 Å². The Labute approximate surface area is 107 Å². The summed E-state index contributed by atoms with van der Waals surface area (Å²) in [5, 5.41) is -0.940. The number of hydrogen-bond acceptors (Lipinski definition) is 5. The maximum Gasteiger partial charge on any atom is 0.226 e. The van der Waals surface area contributed by atoms with Gasteiger partial charge in [0.05, 0.1) is 10.5 Å². The third-order valence-corrected chi connectivity index (χ3v) is 6.70. The highest BCUT2D eigenvalue weighted by Gasteiger charge is 2.40. The smallest absolute Gasteiger partial charge is 0.226 e. The summed E-state index contributed by atoms with van der Waals surface area (Å²) in [6.45, 7) is 0. The summed E-state index contributed by atoms with van der Waals surface area (Å²) in [5.74, 6) is 0. The van der Waals surface area contributed by atoms with Crippen LogP contribution in [0.1, 0.15) is 25.7 Å². The number of nitrogens with one attached hydrogen (secondary N) is 1. The zero-order valence-electron chi connectivity index (χ0n) is 9.47. The van der Waals surface area contributed by atoms with E-state index in [9.17, 15) is 16.8 Å². The molecule has 0 radical (unpaired) electrons. The number of nitrogens with two attached hydrogens (primary N) is 1. The first kappa shape index (κ1) is 14.8. The summed E-state index contributed by atoms with van der Waals surface area (Å²) in [5.41, 5.74) is 4.61. The van der Waals surface area contributed by atoms with Crippen LogP contribution in [0, 0.1) is 0 Å². The fraction of sp³-hybridized carbons (Fsp3) is 0.875. The number of rotatable bonds is 5. The highest BCUT2D eigenvalue weighted by Crippen LogP contribution is 2.30. The molecule has 0 bridgehead atoms. The van der Waals surface area contributed by atoms with Crippen molar-refractivity contribution in [3.8, 4) is 0 Å². The molecule has 0 saturated heterocycles. The van der Waals surface area contributed by atoms with Crippen molar-refractivity contribution in [1.82, 2.24) is 4.72 Å². The Balaban J connectivity index is 2.92. The molecule has 100 valence electrons. The second kappa shape index (κ2) is 4.79. The van der Waals surface area contributed by atoms with Crippen molar-refractivity contribution in [1.29, 1.82) is 0 Å². The van der Waals surface area contributed by atoms with Gasteiger partial charge < -0.3 is 5.73 Å². The molecular formula is C8H16N2O4S3. The van der Waals surface area contributed by atoms with Crippen molar-refractivity contribution >= 4 is 37.1 Å². The van der Waals surface area contributed by atoms with Crippen LogP contribution in [0.3, 0.4) is 0 Å². The minimum absolute atomic E-state index is 0.0760. The lowest BCUT2D eigenvalue weighted by molar-refractivity contribution is 0.505. The van der Waals surface area contributed by atoms with Gasteiger partial charge in [-0.25, -0.2) is 21.6 Å². The van der Waals surface area contributed by atoms with E-state index in [0.29, 0.717) is 12.8 Å². The quantitative estimate of drug-likeness (QED) is 0.663. The normalized spacial score (nSPS) is 20.3. The van der Waals surface area contributed by atoms with Gasteiger partial charge in [-0.3, -0.25) is 0 Å². The fourth-order valence-corrected chi connectivity index (χ4v) is 5.71. The van der Waals surface area contributed by atoms with Crippen molar-refractivity contribution in [2.45, 2.75) is 31.2 Å². The van der Waals surface area contributed by atoms with Gasteiger partial charge in [-0.15, -0.1) is 0 Å². The maximum absolute atomic E-state index is 11.7. The molecule has 1 rings (SSSR count). The van der Waals surface area contributed by atoms with Crippen LogP contribution in [0.2, 0.25) is 0 Å². The van der Waals surface area contributed by atoms with E-state index in [1.165, 1.54) is 0 Å². The molecule has 0 aromatic rings. The number of thiocarbonyl (C=S) groups is 1. The monoisotopic (exact) mass is 300 g/mol. The molecule has 3 N–H and O–H groups in total. The zero-order valence-corrected chi connectivity index (χ0v) is 11.9. The lowest BCUT2D eigenvalue weighted by atomic mass is 10.00. The van der Waals surface area contributed by atoms with E-state index in [4.69, 9.17) is 18.0 Å². The van der Waals surface area contributed by atoms with Gasteiger partial charge in [0, 0.05) is 6.26 Å². The SMILES string of the molecule is CS(=O)(=O)CS(=O)(=O)NC1(C(N)=S)CCCC1. The summed E-state index contributed by atoms with van der Waals surface area (Å²) in [6.07, 6.45) is 3.54. The Morgan fingerprint density at radius 1 is 1.29 bits per heavy atom. The van der Waals surface area contributed by atoms with Crippen molar-refractivity contribution < 1.29 is 16.8 Å². The first-order valence-electron chi connectivity index (χ1n) is 5.06. The summed E-state index contributed by atoms with van der Waals surface area (Å²) in [6, 6.07) is 0. The van der Waals surface area contributed by atoms with Crippen LogP contribution in [0.15, 0.2) is 0 Å². The van der Waals surface area contributed by atoms with E-state index in [2.05, 4.69) is 4.72 Å². The molecule has 1 saturated carbocycles. The van der Waals surface area contributed by atoms with Crippen LogP contribution in [-0.4, -0.2) is 38.7 Å². The molecule has 0 aromatic heterocycles. The average molecular weight is 300 g/mol. The van der Waals surface area contributed by atoms with Gasteiger partial charge >= 0.3 is 0 Å². The van der Waals surface area contributed by atoms with Gasteiger partial charge in [0.15, 0.2) is 14.9 Å². The first-order chi connectivity index (χ1) is 7.56. The van der Waals surface area contributed by atoms with Crippen molar-refractivity contribution in [2.75, 3.05) is 11.3 Å². The molecule has 1 aliphatic rings. The van der Waals surface area contributed by atoms with E-state index < -0.39 is 30.5 Å². The third kappa shape index (κ3) is 4.16. The van der Waals surface area contributed by atoms with Gasteiger partial charge in [-0.2, -0.15) is 0 Å². The second-order valence-corrected chi connectivity index (χ2v) is 9.08. The summed E-state index contributed by atoms with van der Waals surface area (Å²) in [4.78, 5) is 0.0760. The Bertz CT molecular complexity index is 503. The molecule has 0 heterocycles. The van der Waals surface area contributed by atoms with Crippen LogP contribution in [-0.2, 0) is 19.9 Å². The van der Waals surface area contributed by atoms with Crippen molar-refractivity contribution in [3.63, 3.8) is 0 Å². The van der Waals surface area contributed by atoms with E-state index in [0.717, 1.165) is 19.1 Å². The van der Waals surface area contributed by atoms with Gasteiger partial charge in [-0.05, 0) is 12.8 Å². The number of hydrogen-bond donors (Lipinski definition) is 2. The Morgan fingerprint density at radius 2 is 1.76 bits per heavy atom. The molecule has 0 aromatic carbocycles. The lowest BCUT2D eigenvalue weighted by Crippen LogP contribution is -2.55.